The maximum Gasteiger partial charge on any atom is 0.335 e. The van der Waals surface area contributed by atoms with Crippen molar-refractivity contribution in [1.29, 1.82) is 0 Å². The van der Waals surface area contributed by atoms with Crippen molar-refractivity contribution in [2.45, 2.75) is 32.3 Å². The summed E-state index contributed by atoms with van der Waals surface area (Å²) in [5.74, 6) is -0.589. The highest BCUT2D eigenvalue weighted by Gasteiger charge is 2.20. The SMILES string of the molecule is COCc1cc(NC(=O)CC2CCC2)cc(C(=O)O)c1. The van der Waals surface area contributed by atoms with Crippen LogP contribution in [0.3, 0.4) is 0 Å². The highest BCUT2D eigenvalue weighted by Crippen LogP contribution is 2.29. The van der Waals surface area contributed by atoms with Crippen LogP contribution in [-0.2, 0) is 16.1 Å². The molecule has 0 heterocycles. The molecule has 0 aliphatic heterocycles. The van der Waals surface area contributed by atoms with E-state index in [0.717, 1.165) is 18.4 Å². The number of hydrogen-bond donors (Lipinski definition) is 2. The predicted octanol–water partition coefficient (Wildman–Crippen LogP) is 2.66. The lowest BCUT2D eigenvalue weighted by Crippen LogP contribution is -2.21. The van der Waals surface area contributed by atoms with E-state index in [1.165, 1.54) is 12.5 Å². The van der Waals surface area contributed by atoms with Gasteiger partial charge < -0.3 is 15.2 Å². The van der Waals surface area contributed by atoms with Crippen LogP contribution >= 0.6 is 0 Å². The molecule has 1 aliphatic carbocycles. The summed E-state index contributed by atoms with van der Waals surface area (Å²) in [6.45, 7) is 0.312. The normalized spacial score (nSPS) is 14.7. The first-order chi connectivity index (χ1) is 9.58. The lowest BCUT2D eigenvalue weighted by molar-refractivity contribution is -0.117. The van der Waals surface area contributed by atoms with E-state index in [0.29, 0.717) is 24.6 Å². The molecule has 0 unspecified atom stereocenters. The summed E-state index contributed by atoms with van der Waals surface area (Å²) in [4.78, 5) is 23.0. The summed E-state index contributed by atoms with van der Waals surface area (Å²) in [6, 6.07) is 4.77. The highest BCUT2D eigenvalue weighted by molar-refractivity contribution is 5.94. The minimum absolute atomic E-state index is 0.0550. The number of carboxylic acid groups (broad SMARTS) is 1. The Morgan fingerprint density at radius 1 is 1.35 bits per heavy atom. The number of hydrogen-bond acceptors (Lipinski definition) is 3. The van der Waals surface area contributed by atoms with Gasteiger partial charge in [-0.05, 0) is 42.5 Å². The molecule has 1 aromatic rings. The van der Waals surface area contributed by atoms with Crippen molar-refractivity contribution in [2.24, 2.45) is 5.92 Å². The molecule has 0 atom stereocenters. The monoisotopic (exact) mass is 277 g/mol. The van der Waals surface area contributed by atoms with Crippen LogP contribution in [0, 0.1) is 5.92 Å². The number of nitrogens with one attached hydrogen (secondary N) is 1. The Hall–Kier alpha value is -1.88. The van der Waals surface area contributed by atoms with Gasteiger partial charge in [0.1, 0.15) is 0 Å². The number of carboxylic acids is 1. The fraction of sp³-hybridized carbons (Fsp3) is 0.467. The Morgan fingerprint density at radius 2 is 2.10 bits per heavy atom. The van der Waals surface area contributed by atoms with Gasteiger partial charge in [0.2, 0.25) is 5.91 Å². The van der Waals surface area contributed by atoms with Gasteiger partial charge in [-0.1, -0.05) is 6.42 Å². The van der Waals surface area contributed by atoms with Gasteiger partial charge in [-0.2, -0.15) is 0 Å². The Bertz CT molecular complexity index is 509. The molecule has 0 spiro atoms. The zero-order valence-corrected chi connectivity index (χ0v) is 11.5. The molecule has 0 radical (unpaired) electrons. The molecule has 0 saturated heterocycles. The average Bonchev–Trinajstić information content (AvgIpc) is 2.34. The van der Waals surface area contributed by atoms with E-state index in [1.807, 2.05) is 0 Å². The number of anilines is 1. The predicted molar refractivity (Wildman–Crippen MR) is 74.7 cm³/mol. The number of aromatic carboxylic acids is 1. The van der Waals surface area contributed by atoms with Crippen molar-refractivity contribution < 1.29 is 19.4 Å². The molecule has 5 heteroatoms. The molecule has 1 amide bonds. The minimum Gasteiger partial charge on any atom is -0.478 e. The van der Waals surface area contributed by atoms with Gasteiger partial charge in [-0.3, -0.25) is 4.79 Å². The second-order valence-electron chi connectivity index (χ2n) is 5.21. The molecule has 0 aromatic heterocycles. The fourth-order valence-electron chi connectivity index (χ4n) is 2.31. The van der Waals surface area contributed by atoms with Gasteiger partial charge in [-0.25, -0.2) is 4.79 Å². The van der Waals surface area contributed by atoms with Crippen LogP contribution in [0.25, 0.3) is 0 Å². The number of methoxy groups -OCH3 is 1. The Morgan fingerprint density at radius 3 is 2.65 bits per heavy atom. The molecule has 1 saturated carbocycles. The zero-order chi connectivity index (χ0) is 14.5. The van der Waals surface area contributed by atoms with Crippen LogP contribution in [-0.4, -0.2) is 24.1 Å². The largest absolute Gasteiger partial charge is 0.478 e. The summed E-state index contributed by atoms with van der Waals surface area (Å²) >= 11 is 0. The standard InChI is InChI=1S/C15H19NO4/c1-20-9-11-5-12(15(18)19)8-13(6-11)16-14(17)7-10-3-2-4-10/h5-6,8,10H,2-4,7,9H2,1H3,(H,16,17)(H,18,19). The molecule has 5 nitrogen and oxygen atoms in total. The lowest BCUT2D eigenvalue weighted by atomic mass is 9.83. The maximum absolute atomic E-state index is 11.9. The summed E-state index contributed by atoms with van der Waals surface area (Å²) in [7, 11) is 1.54. The van der Waals surface area contributed by atoms with Crippen LogP contribution in [0.1, 0.15) is 41.6 Å². The second-order valence-corrected chi connectivity index (χ2v) is 5.21. The molecule has 0 bridgehead atoms. The van der Waals surface area contributed by atoms with Gasteiger partial charge in [0.15, 0.2) is 0 Å². The molecule has 20 heavy (non-hydrogen) atoms. The first-order valence-corrected chi connectivity index (χ1v) is 6.74. The number of benzene rings is 1. The van der Waals surface area contributed by atoms with Crippen LogP contribution in [0.5, 0.6) is 0 Å². The number of carbonyl (C=O) groups is 2. The van der Waals surface area contributed by atoms with E-state index < -0.39 is 5.97 Å². The van der Waals surface area contributed by atoms with E-state index in [-0.39, 0.29) is 11.5 Å². The number of amides is 1. The van der Waals surface area contributed by atoms with Crippen LogP contribution < -0.4 is 5.32 Å². The first-order valence-electron chi connectivity index (χ1n) is 6.74. The quantitative estimate of drug-likeness (QED) is 0.838. The van der Waals surface area contributed by atoms with Crippen molar-refractivity contribution >= 4 is 17.6 Å². The van der Waals surface area contributed by atoms with Crippen LogP contribution in [0.2, 0.25) is 0 Å². The molecule has 2 N–H and O–H groups in total. The second kappa shape index (κ2) is 6.52. The molecule has 1 aromatic carbocycles. The Labute approximate surface area is 117 Å². The first kappa shape index (κ1) is 14.5. The summed E-state index contributed by atoms with van der Waals surface area (Å²) in [5, 5.41) is 11.9. The third-order valence-electron chi connectivity index (χ3n) is 3.53. The van der Waals surface area contributed by atoms with E-state index in [4.69, 9.17) is 9.84 Å². The Balaban J connectivity index is 2.08. The summed E-state index contributed by atoms with van der Waals surface area (Å²) in [5.41, 5.74) is 1.39. The van der Waals surface area contributed by atoms with Crippen molar-refractivity contribution in [3.63, 3.8) is 0 Å². The average molecular weight is 277 g/mol. The number of ether oxygens (including phenoxy) is 1. The van der Waals surface area contributed by atoms with E-state index in [2.05, 4.69) is 5.32 Å². The maximum atomic E-state index is 11.9. The van der Waals surface area contributed by atoms with E-state index >= 15 is 0 Å². The highest BCUT2D eigenvalue weighted by atomic mass is 16.5. The number of carbonyl (C=O) groups excluding carboxylic acids is 1. The third-order valence-corrected chi connectivity index (χ3v) is 3.53. The van der Waals surface area contributed by atoms with Gasteiger partial charge in [0.25, 0.3) is 0 Å². The van der Waals surface area contributed by atoms with Gasteiger partial charge >= 0.3 is 5.97 Å². The number of rotatable bonds is 6. The Kier molecular flexibility index (Phi) is 4.74. The fourth-order valence-corrected chi connectivity index (χ4v) is 2.31. The molecule has 108 valence electrons. The molecular formula is C15H19NO4. The van der Waals surface area contributed by atoms with Gasteiger partial charge in [0.05, 0.1) is 12.2 Å². The van der Waals surface area contributed by atoms with Crippen molar-refractivity contribution in [3.8, 4) is 0 Å². The smallest absolute Gasteiger partial charge is 0.335 e. The van der Waals surface area contributed by atoms with Crippen molar-refractivity contribution in [2.75, 3.05) is 12.4 Å². The summed E-state index contributed by atoms with van der Waals surface area (Å²) < 4.78 is 5.01. The van der Waals surface area contributed by atoms with Gasteiger partial charge in [-0.15, -0.1) is 0 Å². The minimum atomic E-state index is -1.02. The van der Waals surface area contributed by atoms with Gasteiger partial charge in [0, 0.05) is 19.2 Å². The molecule has 1 aliphatic rings. The summed E-state index contributed by atoms with van der Waals surface area (Å²) in [6.07, 6.45) is 3.93. The molecule has 1 fully saturated rings. The van der Waals surface area contributed by atoms with Crippen LogP contribution in [0.15, 0.2) is 18.2 Å². The molecular weight excluding hydrogens is 258 g/mol. The topological polar surface area (TPSA) is 75.6 Å². The molecule has 2 rings (SSSR count). The zero-order valence-electron chi connectivity index (χ0n) is 11.5. The third kappa shape index (κ3) is 3.81. The van der Waals surface area contributed by atoms with E-state index in [1.54, 1.807) is 19.2 Å². The van der Waals surface area contributed by atoms with E-state index in [9.17, 15) is 9.59 Å². The lowest BCUT2D eigenvalue weighted by Gasteiger charge is -2.24. The van der Waals surface area contributed by atoms with Crippen LogP contribution in [0.4, 0.5) is 5.69 Å². The van der Waals surface area contributed by atoms with Crippen molar-refractivity contribution in [1.82, 2.24) is 0 Å². The van der Waals surface area contributed by atoms with Crippen molar-refractivity contribution in [3.05, 3.63) is 29.3 Å².